The van der Waals surface area contributed by atoms with Gasteiger partial charge in [0.25, 0.3) is 0 Å². The van der Waals surface area contributed by atoms with E-state index in [4.69, 9.17) is 23.0 Å². The number of rotatable bonds is 26. The van der Waals surface area contributed by atoms with Gasteiger partial charge in [-0.1, -0.05) is 132 Å². The number of aliphatic hydroxyl groups excluding tert-OH is 7. The third kappa shape index (κ3) is 28.5. The molecule has 1 aliphatic heterocycles. The van der Waals surface area contributed by atoms with Gasteiger partial charge in [0.05, 0.1) is 37.1 Å². The molecule has 2 rings (SSSR count). The number of allylic oxidation sites excluding steroid dienone is 8. The molecule has 0 aromatic heterocycles. The van der Waals surface area contributed by atoms with Gasteiger partial charge < -0.3 is 59.9 Å². The van der Waals surface area contributed by atoms with E-state index in [1.54, 1.807) is 0 Å². The fraction of sp³-hybridized carbons (Fsp3) is 0.765. The van der Waals surface area contributed by atoms with Crippen molar-refractivity contribution in [1.29, 1.82) is 0 Å². The highest BCUT2D eigenvalue weighted by Gasteiger charge is 2.51. The van der Waals surface area contributed by atoms with Gasteiger partial charge in [0.1, 0.15) is 31.0 Å². The number of cyclic esters (lactones) is 1. The maximum absolute atomic E-state index is 13.7. The summed E-state index contributed by atoms with van der Waals surface area (Å²) in [6.45, 7) is 2.56. The van der Waals surface area contributed by atoms with E-state index in [1.807, 2.05) is 6.92 Å². The van der Waals surface area contributed by atoms with Crippen LogP contribution < -0.4 is 0 Å². The van der Waals surface area contributed by atoms with Crippen molar-refractivity contribution in [3.05, 3.63) is 60.8 Å². The maximum atomic E-state index is 13.7. The van der Waals surface area contributed by atoms with Crippen LogP contribution in [0.2, 0.25) is 0 Å². The van der Waals surface area contributed by atoms with Gasteiger partial charge in [-0.05, 0) is 70.6 Å². The number of phosphoric ester groups is 2. The SMILES string of the molecule is CCCCC/C=C\C/C=C\C/C=C\C/C=C\CCCCCC(=O)OC[C@@H]1COP(=O)(O)O[C@H]2[C@H](O)[C@@H](O)[C@H](O)[C@@H](CCCCCCC(=O)O1)[C@@H](O)C[C@@H](O)[C@H](/C=C/[C@@H](O)CCCCC)[C@@H](O)[C@H]2OP(=O)(O)O. The molecule has 2 aliphatic rings. The van der Waals surface area contributed by atoms with Gasteiger partial charge in [0.15, 0.2) is 6.10 Å². The second-order valence-electron chi connectivity index (χ2n) is 18.9. The summed E-state index contributed by atoms with van der Waals surface area (Å²) in [4.78, 5) is 56.8. The quantitative estimate of drug-likeness (QED) is 0.0180. The molecular formula is C51H88O19P2. The molecule has 2 bridgehead atoms. The van der Waals surface area contributed by atoms with E-state index < -0.39 is 120 Å². The molecule has 2 fully saturated rings. The standard InChI is InChI=1S/C51H88O19P2/c1-3-5-7-8-9-10-11-12-13-14-15-16-17-18-19-20-21-22-27-31-44(55)66-36-39-37-67-72(64,65)70-51-49(60)48(59)46(57)40(30-26-23-24-28-32-45(56)68-39)42(53)35-43(54)41(34-33-38(52)29-25-6-4-2)47(58)50(51)69-71(61,62)63/h9-10,12-13,15-16,18-19,33-34,38-43,46-54,57-60H,3-8,11,14,17,20-32,35-37H2,1-2H3,(H,64,65)(H2,61,62,63)/b10-9-,13-12-,16-15-,19-18-,34-33+/t38-,39+,40-,41-,42-,43+,46+,47+,48-,49+,50+,51-/m0/s1. The zero-order valence-corrected chi connectivity index (χ0v) is 44.2. The van der Waals surface area contributed by atoms with Gasteiger partial charge in [0.2, 0.25) is 0 Å². The maximum Gasteiger partial charge on any atom is 0.472 e. The summed E-state index contributed by atoms with van der Waals surface area (Å²) in [5, 5.41) is 79.9. The lowest BCUT2D eigenvalue weighted by Gasteiger charge is -2.39. The molecule has 0 amide bonds. The molecule has 0 radical (unpaired) electrons. The van der Waals surface area contributed by atoms with Crippen LogP contribution in [0.5, 0.6) is 0 Å². The fourth-order valence-electron chi connectivity index (χ4n) is 8.51. The molecule has 0 aromatic rings. The number of hydrogen-bond donors (Lipinski definition) is 10. The summed E-state index contributed by atoms with van der Waals surface area (Å²) in [6, 6.07) is 0. The molecule has 1 heterocycles. The summed E-state index contributed by atoms with van der Waals surface area (Å²) in [5.41, 5.74) is 0. The van der Waals surface area contributed by atoms with Gasteiger partial charge in [0, 0.05) is 31.1 Å². The molecular weight excluding hydrogens is 978 g/mol. The molecule has 0 spiro atoms. The molecule has 1 saturated carbocycles. The van der Waals surface area contributed by atoms with Crippen molar-refractivity contribution < 1.29 is 92.2 Å². The topological polar surface area (TPSA) is 317 Å². The van der Waals surface area contributed by atoms with Gasteiger partial charge in [-0.3, -0.25) is 23.2 Å². The first-order valence-corrected chi connectivity index (χ1v) is 29.1. The Labute approximate surface area is 426 Å². The summed E-state index contributed by atoms with van der Waals surface area (Å²) in [7, 11) is -11.4. The van der Waals surface area contributed by atoms with E-state index in [1.165, 1.54) is 25.3 Å². The Kier molecular flexibility index (Phi) is 34.1. The van der Waals surface area contributed by atoms with Gasteiger partial charge >= 0.3 is 27.6 Å². The average molecular weight is 1070 g/mol. The van der Waals surface area contributed by atoms with Crippen LogP contribution in [-0.4, -0.2) is 137 Å². The Bertz CT molecular complexity index is 1730. The van der Waals surface area contributed by atoms with Gasteiger partial charge in [-0.15, -0.1) is 0 Å². The number of carbonyl (C=O) groups excluding carboxylic acids is 2. The third-order valence-electron chi connectivity index (χ3n) is 12.7. The summed E-state index contributed by atoms with van der Waals surface area (Å²) in [6.07, 6.45) is 12.3. The van der Waals surface area contributed by atoms with Crippen molar-refractivity contribution in [3.63, 3.8) is 0 Å². The van der Waals surface area contributed by atoms with E-state index in [-0.39, 0.29) is 32.1 Å². The van der Waals surface area contributed by atoms with Crippen LogP contribution in [0, 0.1) is 11.8 Å². The Hall–Kier alpha value is -2.42. The molecule has 1 unspecified atom stereocenters. The molecule has 10 N–H and O–H groups in total. The second-order valence-corrected chi connectivity index (χ2v) is 21.5. The number of phosphoric acid groups is 2. The Morgan fingerprint density at radius 1 is 0.764 bits per heavy atom. The number of fused-ring (bicyclic) bond motifs is 4. The lowest BCUT2D eigenvalue weighted by atomic mass is 9.82. The molecule has 72 heavy (non-hydrogen) atoms. The number of aliphatic hydroxyl groups is 7. The van der Waals surface area contributed by atoms with E-state index >= 15 is 0 Å². The smallest absolute Gasteiger partial charge is 0.462 e. The number of esters is 2. The minimum absolute atomic E-state index is 0.0232. The first kappa shape index (κ1) is 65.7. The molecule has 13 atom stereocenters. The van der Waals surface area contributed by atoms with Gasteiger partial charge in [-0.25, -0.2) is 9.13 Å². The monoisotopic (exact) mass is 1070 g/mol. The largest absolute Gasteiger partial charge is 0.472 e. The molecule has 416 valence electrons. The van der Waals surface area contributed by atoms with Crippen LogP contribution in [0.25, 0.3) is 0 Å². The number of hydrogen-bond acceptors (Lipinski definition) is 16. The first-order valence-electron chi connectivity index (χ1n) is 26.1. The normalized spacial score (nSPS) is 30.8. The van der Waals surface area contributed by atoms with Crippen molar-refractivity contribution in [2.75, 3.05) is 13.2 Å². The van der Waals surface area contributed by atoms with Crippen molar-refractivity contribution in [2.24, 2.45) is 11.8 Å². The zero-order chi connectivity index (χ0) is 53.4. The van der Waals surface area contributed by atoms with E-state index in [0.717, 1.165) is 63.9 Å². The van der Waals surface area contributed by atoms with Crippen molar-refractivity contribution in [3.8, 4) is 0 Å². The van der Waals surface area contributed by atoms with Crippen LogP contribution in [-0.2, 0) is 41.8 Å². The average Bonchev–Trinajstić information content (AvgIpc) is 3.32. The Balaban J connectivity index is 2.21. The van der Waals surface area contributed by atoms with E-state index in [2.05, 4.69) is 55.5 Å². The molecule has 1 saturated heterocycles. The minimum atomic E-state index is -5.76. The molecule has 1 aliphatic carbocycles. The highest BCUT2D eigenvalue weighted by molar-refractivity contribution is 7.47. The number of ether oxygens (including phenoxy) is 2. The third-order valence-corrected chi connectivity index (χ3v) is 14.2. The first-order chi connectivity index (χ1) is 34.3. The van der Waals surface area contributed by atoms with Gasteiger partial charge in [-0.2, -0.15) is 0 Å². The fourth-order valence-corrected chi connectivity index (χ4v) is 10.0. The second kappa shape index (κ2) is 37.3. The predicted octanol–water partition coefficient (Wildman–Crippen LogP) is 7.00. The van der Waals surface area contributed by atoms with Crippen molar-refractivity contribution >= 4 is 27.6 Å². The number of carbonyl (C=O) groups is 2. The molecule has 21 heteroatoms. The predicted molar refractivity (Wildman–Crippen MR) is 271 cm³/mol. The van der Waals surface area contributed by atoms with Crippen LogP contribution in [0.3, 0.4) is 0 Å². The summed E-state index contributed by atoms with van der Waals surface area (Å²) < 4.78 is 52.3. The van der Waals surface area contributed by atoms with Crippen LogP contribution in [0.15, 0.2) is 60.8 Å². The lowest BCUT2D eigenvalue weighted by molar-refractivity contribution is -0.166. The van der Waals surface area contributed by atoms with E-state index in [9.17, 15) is 69.1 Å². The van der Waals surface area contributed by atoms with E-state index in [0.29, 0.717) is 32.1 Å². The Morgan fingerprint density at radius 3 is 1.99 bits per heavy atom. The minimum Gasteiger partial charge on any atom is -0.462 e. The zero-order valence-electron chi connectivity index (χ0n) is 42.4. The van der Waals surface area contributed by atoms with Crippen molar-refractivity contribution in [2.45, 2.75) is 223 Å². The molecule has 0 aromatic carbocycles. The Morgan fingerprint density at radius 2 is 1.36 bits per heavy atom. The summed E-state index contributed by atoms with van der Waals surface area (Å²) in [5.74, 6) is -4.40. The highest BCUT2D eigenvalue weighted by atomic mass is 31.2. The lowest BCUT2D eigenvalue weighted by Crippen LogP contribution is -2.56. The van der Waals surface area contributed by atoms with Crippen LogP contribution in [0.1, 0.15) is 162 Å². The summed E-state index contributed by atoms with van der Waals surface area (Å²) >= 11 is 0. The van der Waals surface area contributed by atoms with Crippen LogP contribution in [0.4, 0.5) is 0 Å². The van der Waals surface area contributed by atoms with Crippen LogP contribution >= 0.6 is 15.6 Å². The molecule has 19 nitrogen and oxygen atoms in total. The number of unbranched alkanes of at least 4 members (excludes halogenated alkanes) is 8. The van der Waals surface area contributed by atoms with Crippen molar-refractivity contribution in [1.82, 2.24) is 0 Å². The highest BCUT2D eigenvalue weighted by Crippen LogP contribution is 2.50.